The Morgan fingerprint density at radius 3 is 2.17 bits per heavy atom. The molecular weight excluding hydrogens is 172 g/mol. The van der Waals surface area contributed by atoms with Gasteiger partial charge in [0.2, 0.25) is 0 Å². The van der Waals surface area contributed by atoms with Crippen LogP contribution < -0.4 is 0 Å². The van der Waals surface area contributed by atoms with Gasteiger partial charge in [-0.2, -0.15) is 0 Å². The molecule has 70 valence electrons. The van der Waals surface area contributed by atoms with Crippen molar-refractivity contribution in [3.05, 3.63) is 0 Å². The Morgan fingerprint density at radius 2 is 1.83 bits per heavy atom. The van der Waals surface area contributed by atoms with E-state index in [2.05, 4.69) is 0 Å². The van der Waals surface area contributed by atoms with Crippen LogP contribution in [0.4, 0.5) is 17.6 Å². The van der Waals surface area contributed by atoms with Crippen molar-refractivity contribution in [2.75, 3.05) is 0 Å². The topological polar surface area (TPSA) is 0 Å². The Kier molecular flexibility index (Phi) is 1.49. The molecule has 0 aromatic rings. The fourth-order valence-corrected chi connectivity index (χ4v) is 1.46. The molecular formula is C8H10F4. The molecule has 2 fully saturated rings. The van der Waals surface area contributed by atoms with E-state index in [1.807, 2.05) is 0 Å². The number of alkyl halides is 4. The number of hydrogen-bond donors (Lipinski definition) is 0. The highest BCUT2D eigenvalue weighted by molar-refractivity contribution is 5.09. The third-order valence-corrected chi connectivity index (χ3v) is 2.62. The molecule has 12 heavy (non-hydrogen) atoms. The predicted octanol–water partition coefficient (Wildman–Crippen LogP) is 2.87. The lowest BCUT2D eigenvalue weighted by molar-refractivity contribution is -0.0571. The van der Waals surface area contributed by atoms with E-state index in [9.17, 15) is 17.6 Å². The van der Waals surface area contributed by atoms with Gasteiger partial charge < -0.3 is 0 Å². The monoisotopic (exact) mass is 182 g/mol. The minimum Gasteiger partial charge on any atom is -0.244 e. The summed E-state index contributed by atoms with van der Waals surface area (Å²) in [5, 5.41) is 0. The second-order valence-electron chi connectivity index (χ2n) is 3.92. The predicted molar refractivity (Wildman–Crippen MR) is 35.6 cm³/mol. The molecule has 0 saturated heterocycles. The van der Waals surface area contributed by atoms with E-state index in [1.165, 1.54) is 0 Å². The van der Waals surface area contributed by atoms with Gasteiger partial charge in [-0.25, -0.2) is 17.6 Å². The average molecular weight is 182 g/mol. The van der Waals surface area contributed by atoms with Gasteiger partial charge in [0.1, 0.15) is 6.17 Å². The highest BCUT2D eigenvalue weighted by Crippen LogP contribution is 2.55. The molecule has 2 saturated carbocycles. The second-order valence-corrected chi connectivity index (χ2v) is 3.92. The maximum absolute atomic E-state index is 12.9. The SMILES string of the molecule is FC1CC1(F)CC(F)(F)C1CC1. The Bertz CT molecular complexity index is 199. The minimum atomic E-state index is -2.98. The lowest BCUT2D eigenvalue weighted by Crippen LogP contribution is -2.26. The minimum absolute atomic E-state index is 0.338. The van der Waals surface area contributed by atoms with Crippen LogP contribution in [0.1, 0.15) is 25.7 Å². The molecule has 0 amide bonds. The van der Waals surface area contributed by atoms with Gasteiger partial charge in [0, 0.05) is 18.8 Å². The van der Waals surface area contributed by atoms with Gasteiger partial charge >= 0.3 is 0 Å². The van der Waals surface area contributed by atoms with Crippen molar-refractivity contribution in [1.82, 2.24) is 0 Å². The highest BCUT2D eigenvalue weighted by atomic mass is 19.3. The summed E-state index contributed by atoms with van der Waals surface area (Å²) in [4.78, 5) is 0. The van der Waals surface area contributed by atoms with E-state index in [-0.39, 0.29) is 6.42 Å². The smallest absolute Gasteiger partial charge is 0.244 e. The summed E-state index contributed by atoms with van der Waals surface area (Å²) < 4.78 is 51.0. The van der Waals surface area contributed by atoms with E-state index in [4.69, 9.17) is 0 Å². The third kappa shape index (κ3) is 1.31. The summed E-state index contributed by atoms with van der Waals surface area (Å²) in [7, 11) is 0. The quantitative estimate of drug-likeness (QED) is 0.589. The van der Waals surface area contributed by atoms with Crippen molar-refractivity contribution < 1.29 is 17.6 Å². The largest absolute Gasteiger partial charge is 0.254 e. The molecule has 2 atom stereocenters. The van der Waals surface area contributed by atoms with E-state index >= 15 is 0 Å². The van der Waals surface area contributed by atoms with E-state index in [0.29, 0.717) is 12.8 Å². The van der Waals surface area contributed by atoms with Crippen molar-refractivity contribution in [2.24, 2.45) is 5.92 Å². The van der Waals surface area contributed by atoms with Gasteiger partial charge in [0.25, 0.3) is 5.92 Å². The zero-order valence-corrected chi connectivity index (χ0v) is 6.49. The van der Waals surface area contributed by atoms with Crippen LogP contribution in [0.3, 0.4) is 0 Å². The molecule has 0 nitrogen and oxygen atoms in total. The maximum Gasteiger partial charge on any atom is 0.254 e. The van der Waals surface area contributed by atoms with Crippen LogP contribution in [0.5, 0.6) is 0 Å². The summed E-state index contributed by atoms with van der Waals surface area (Å²) in [5.41, 5.74) is -2.20. The first-order chi connectivity index (χ1) is 5.44. The van der Waals surface area contributed by atoms with Crippen molar-refractivity contribution in [1.29, 1.82) is 0 Å². The first-order valence-electron chi connectivity index (χ1n) is 4.15. The maximum atomic E-state index is 12.9. The standard InChI is InChI=1S/C8H10F4/c9-6-3-7(6,10)4-8(11,12)5-1-2-5/h5-6H,1-4H2. The molecule has 4 heteroatoms. The van der Waals surface area contributed by atoms with Crippen LogP contribution in [0.2, 0.25) is 0 Å². The third-order valence-electron chi connectivity index (χ3n) is 2.62. The van der Waals surface area contributed by atoms with Crippen LogP contribution >= 0.6 is 0 Å². The van der Waals surface area contributed by atoms with Crippen molar-refractivity contribution in [2.45, 2.75) is 43.4 Å². The van der Waals surface area contributed by atoms with Gasteiger partial charge in [-0.05, 0) is 12.8 Å². The fraction of sp³-hybridized carbons (Fsp3) is 1.00. The van der Waals surface area contributed by atoms with Crippen LogP contribution in [0.15, 0.2) is 0 Å². The summed E-state index contributed by atoms with van der Waals surface area (Å²) >= 11 is 0. The van der Waals surface area contributed by atoms with E-state index < -0.39 is 30.1 Å². The van der Waals surface area contributed by atoms with Crippen LogP contribution in [-0.2, 0) is 0 Å². The summed E-state index contributed by atoms with van der Waals surface area (Å²) in [5.74, 6) is -3.66. The first kappa shape index (κ1) is 8.32. The molecule has 2 unspecified atom stereocenters. The van der Waals surface area contributed by atoms with Crippen LogP contribution in [0, 0.1) is 5.92 Å². The van der Waals surface area contributed by atoms with Gasteiger partial charge in [-0.3, -0.25) is 0 Å². The second kappa shape index (κ2) is 2.15. The summed E-state index contributed by atoms with van der Waals surface area (Å²) in [6.45, 7) is 0. The molecule has 0 aromatic heterocycles. The molecule has 0 heterocycles. The van der Waals surface area contributed by atoms with Crippen LogP contribution in [0.25, 0.3) is 0 Å². The molecule has 0 spiro atoms. The fourth-order valence-electron chi connectivity index (χ4n) is 1.46. The lowest BCUT2D eigenvalue weighted by atomic mass is 10.1. The number of halogens is 4. The Labute approximate surface area is 67.9 Å². The van der Waals surface area contributed by atoms with Crippen molar-refractivity contribution >= 4 is 0 Å². The molecule has 0 aliphatic heterocycles. The van der Waals surface area contributed by atoms with Gasteiger partial charge in [0.15, 0.2) is 5.67 Å². The average Bonchev–Trinajstić information content (AvgIpc) is 2.69. The molecule has 0 aromatic carbocycles. The van der Waals surface area contributed by atoms with Crippen molar-refractivity contribution in [3.63, 3.8) is 0 Å². The molecule has 2 aliphatic carbocycles. The zero-order chi connectivity index (χ0) is 8.98. The molecule has 2 rings (SSSR count). The number of hydrogen-bond acceptors (Lipinski definition) is 0. The molecule has 0 N–H and O–H groups in total. The first-order valence-corrected chi connectivity index (χ1v) is 4.15. The number of rotatable bonds is 3. The molecule has 2 aliphatic rings. The zero-order valence-electron chi connectivity index (χ0n) is 6.49. The van der Waals surface area contributed by atoms with Crippen molar-refractivity contribution in [3.8, 4) is 0 Å². The highest BCUT2D eigenvalue weighted by Gasteiger charge is 2.63. The van der Waals surface area contributed by atoms with E-state index in [0.717, 1.165) is 0 Å². The normalized spacial score (nSPS) is 41.5. The summed E-state index contributed by atoms with van der Waals surface area (Å²) in [6.07, 6.45) is -1.98. The van der Waals surface area contributed by atoms with Gasteiger partial charge in [-0.1, -0.05) is 0 Å². The van der Waals surface area contributed by atoms with E-state index in [1.54, 1.807) is 0 Å². The Balaban J connectivity index is 1.93. The summed E-state index contributed by atoms with van der Waals surface area (Å²) in [6, 6.07) is 0. The Hall–Kier alpha value is -0.280. The Morgan fingerprint density at radius 1 is 1.33 bits per heavy atom. The van der Waals surface area contributed by atoms with Gasteiger partial charge in [0.05, 0.1) is 0 Å². The molecule has 0 bridgehead atoms. The molecule has 0 radical (unpaired) electrons. The van der Waals surface area contributed by atoms with Gasteiger partial charge in [-0.15, -0.1) is 0 Å². The lowest BCUT2D eigenvalue weighted by Gasteiger charge is -2.17. The van der Waals surface area contributed by atoms with Crippen LogP contribution in [-0.4, -0.2) is 17.8 Å².